The van der Waals surface area contributed by atoms with Crippen LogP contribution in [0.1, 0.15) is 34.1 Å². The van der Waals surface area contributed by atoms with Crippen molar-refractivity contribution in [1.29, 1.82) is 0 Å². The molecule has 20 heavy (non-hydrogen) atoms. The number of likely N-dealkylation sites (N-methyl/N-ethyl adjacent to an activating group) is 2. The minimum Gasteiger partial charge on any atom is -0.444 e. The number of ether oxygens (including phenoxy) is 1. The molecule has 3 amide bonds. The second-order valence-corrected chi connectivity index (χ2v) is 5.40. The molecule has 2 N–H and O–H groups in total. The zero-order chi connectivity index (χ0) is 15.9. The van der Waals surface area contributed by atoms with Gasteiger partial charge in [0.1, 0.15) is 18.2 Å². The highest BCUT2D eigenvalue weighted by Gasteiger charge is 2.25. The van der Waals surface area contributed by atoms with Gasteiger partial charge in [0.2, 0.25) is 11.8 Å². The molecule has 0 fully saturated rings. The van der Waals surface area contributed by atoms with Crippen molar-refractivity contribution in [2.75, 3.05) is 20.6 Å². The molecule has 0 spiro atoms. The van der Waals surface area contributed by atoms with E-state index in [0.29, 0.717) is 6.42 Å². The zero-order valence-electron chi connectivity index (χ0n) is 13.1. The molecule has 1 atom stereocenters. The molecule has 116 valence electrons. The Morgan fingerprint density at radius 3 is 2.20 bits per heavy atom. The number of amides is 3. The van der Waals surface area contributed by atoms with Gasteiger partial charge in [-0.1, -0.05) is 6.92 Å². The Labute approximate surface area is 120 Å². The molecular weight excluding hydrogens is 262 g/mol. The molecule has 0 saturated carbocycles. The summed E-state index contributed by atoms with van der Waals surface area (Å²) in [5.74, 6) is -0.591. The lowest BCUT2D eigenvalue weighted by atomic mass is 10.2. The summed E-state index contributed by atoms with van der Waals surface area (Å²) in [6.45, 7) is 6.81. The van der Waals surface area contributed by atoms with E-state index in [1.165, 1.54) is 19.0 Å². The molecule has 0 bridgehead atoms. The van der Waals surface area contributed by atoms with Gasteiger partial charge in [-0.15, -0.1) is 0 Å². The van der Waals surface area contributed by atoms with Crippen LogP contribution >= 0.6 is 0 Å². The molecular formula is C13H25N3O4. The van der Waals surface area contributed by atoms with E-state index in [1.807, 2.05) is 6.92 Å². The van der Waals surface area contributed by atoms with E-state index < -0.39 is 17.7 Å². The maximum Gasteiger partial charge on any atom is 0.408 e. The number of alkyl carbamates (subject to hydrolysis) is 1. The summed E-state index contributed by atoms with van der Waals surface area (Å²) in [4.78, 5) is 36.3. The monoisotopic (exact) mass is 287 g/mol. The van der Waals surface area contributed by atoms with Crippen molar-refractivity contribution in [3.05, 3.63) is 0 Å². The van der Waals surface area contributed by atoms with E-state index in [0.717, 1.165) is 0 Å². The van der Waals surface area contributed by atoms with E-state index in [9.17, 15) is 14.4 Å². The van der Waals surface area contributed by atoms with Crippen LogP contribution in [0.2, 0.25) is 0 Å². The highest BCUT2D eigenvalue weighted by atomic mass is 16.6. The lowest BCUT2D eigenvalue weighted by Crippen LogP contribution is -2.49. The number of nitrogens with one attached hydrogen (secondary N) is 2. The number of carbonyl (C=O) groups excluding carboxylic acids is 3. The summed E-state index contributed by atoms with van der Waals surface area (Å²) >= 11 is 0. The summed E-state index contributed by atoms with van der Waals surface area (Å²) in [6, 6.07) is -0.548. The quantitative estimate of drug-likeness (QED) is 0.770. The topological polar surface area (TPSA) is 87.7 Å². The largest absolute Gasteiger partial charge is 0.444 e. The second-order valence-electron chi connectivity index (χ2n) is 5.40. The Morgan fingerprint density at radius 2 is 1.80 bits per heavy atom. The molecule has 0 heterocycles. The van der Waals surface area contributed by atoms with E-state index in [-0.39, 0.29) is 18.4 Å². The highest BCUT2D eigenvalue weighted by Crippen LogP contribution is 2.06. The van der Waals surface area contributed by atoms with Gasteiger partial charge in [0.05, 0.1) is 0 Å². The van der Waals surface area contributed by atoms with Gasteiger partial charge in [0, 0.05) is 14.1 Å². The Bertz CT molecular complexity index is 363. The summed E-state index contributed by atoms with van der Waals surface area (Å²) in [6.07, 6.45) is -0.166. The van der Waals surface area contributed by atoms with Crippen LogP contribution in [0, 0.1) is 0 Å². The maximum absolute atomic E-state index is 11.9. The third kappa shape index (κ3) is 6.40. The van der Waals surface area contributed by atoms with Gasteiger partial charge in [-0.3, -0.25) is 9.59 Å². The third-order valence-electron chi connectivity index (χ3n) is 2.58. The zero-order valence-corrected chi connectivity index (χ0v) is 13.1. The van der Waals surface area contributed by atoms with Crippen molar-refractivity contribution in [2.24, 2.45) is 0 Å². The first-order chi connectivity index (χ1) is 9.12. The lowest BCUT2D eigenvalue weighted by Gasteiger charge is -2.26. The van der Waals surface area contributed by atoms with Crippen LogP contribution in [-0.4, -0.2) is 55.1 Å². The van der Waals surface area contributed by atoms with E-state index in [4.69, 9.17) is 4.74 Å². The molecule has 0 rings (SSSR count). The predicted molar refractivity (Wildman–Crippen MR) is 75.2 cm³/mol. The molecule has 7 heteroatoms. The van der Waals surface area contributed by atoms with Crippen LogP contribution in [0.15, 0.2) is 0 Å². The van der Waals surface area contributed by atoms with Crippen molar-refractivity contribution in [2.45, 2.75) is 45.8 Å². The van der Waals surface area contributed by atoms with Gasteiger partial charge >= 0.3 is 6.09 Å². The molecule has 0 aromatic rings. The maximum atomic E-state index is 11.9. The molecule has 0 saturated heterocycles. The van der Waals surface area contributed by atoms with E-state index in [2.05, 4.69) is 10.6 Å². The van der Waals surface area contributed by atoms with Crippen LogP contribution < -0.4 is 10.6 Å². The number of rotatable bonds is 5. The first kappa shape index (κ1) is 18.2. The first-order valence-corrected chi connectivity index (χ1v) is 6.56. The highest BCUT2D eigenvalue weighted by molar-refractivity contribution is 5.89. The average Bonchev–Trinajstić information content (AvgIpc) is 2.34. The minimum absolute atomic E-state index is 0.209. The number of hydrogen-bond acceptors (Lipinski definition) is 4. The van der Waals surface area contributed by atoms with Gasteiger partial charge < -0.3 is 20.3 Å². The standard InChI is InChI=1S/C13H25N3O4/c1-7-9(11(18)14-5)16(6)10(17)8-15-12(19)20-13(2,3)4/h9H,7-8H2,1-6H3,(H,14,18)(H,15,19)/t9-/m0/s1. The third-order valence-corrected chi connectivity index (χ3v) is 2.58. The minimum atomic E-state index is -0.660. The van der Waals surface area contributed by atoms with Crippen molar-refractivity contribution in [1.82, 2.24) is 15.5 Å². The Balaban J connectivity index is 4.40. The fourth-order valence-electron chi connectivity index (χ4n) is 1.56. The average molecular weight is 287 g/mol. The fourth-order valence-corrected chi connectivity index (χ4v) is 1.56. The van der Waals surface area contributed by atoms with E-state index in [1.54, 1.807) is 20.8 Å². The predicted octanol–water partition coefficient (Wildman–Crippen LogP) is 0.494. The second kappa shape index (κ2) is 7.72. The Kier molecular flexibility index (Phi) is 7.02. The van der Waals surface area contributed by atoms with E-state index >= 15 is 0 Å². The van der Waals surface area contributed by atoms with Crippen molar-refractivity contribution >= 4 is 17.9 Å². The number of carbonyl (C=O) groups is 3. The van der Waals surface area contributed by atoms with Gasteiger partial charge in [0.25, 0.3) is 0 Å². The van der Waals surface area contributed by atoms with Crippen molar-refractivity contribution in [3.8, 4) is 0 Å². The normalized spacial score (nSPS) is 12.3. The lowest BCUT2D eigenvalue weighted by molar-refractivity contribution is -0.138. The molecule has 0 unspecified atom stereocenters. The molecule has 0 aromatic heterocycles. The number of hydrogen-bond donors (Lipinski definition) is 2. The summed E-state index contributed by atoms with van der Waals surface area (Å²) < 4.78 is 5.02. The summed E-state index contributed by atoms with van der Waals surface area (Å²) in [5.41, 5.74) is -0.618. The Hall–Kier alpha value is -1.79. The summed E-state index contributed by atoms with van der Waals surface area (Å²) in [7, 11) is 3.05. The molecule has 0 aliphatic rings. The van der Waals surface area contributed by atoms with Gasteiger partial charge in [-0.05, 0) is 27.2 Å². The molecule has 0 aromatic carbocycles. The van der Waals surface area contributed by atoms with Crippen LogP contribution in [-0.2, 0) is 14.3 Å². The Morgan fingerprint density at radius 1 is 1.25 bits per heavy atom. The van der Waals surface area contributed by atoms with Gasteiger partial charge in [-0.2, -0.15) is 0 Å². The van der Waals surface area contributed by atoms with Gasteiger partial charge in [0.15, 0.2) is 0 Å². The molecule has 0 aliphatic heterocycles. The molecule has 0 radical (unpaired) electrons. The summed E-state index contributed by atoms with van der Waals surface area (Å²) in [5, 5.41) is 4.87. The number of nitrogens with zero attached hydrogens (tertiary/aromatic N) is 1. The van der Waals surface area contributed by atoms with Gasteiger partial charge in [-0.25, -0.2) is 4.79 Å². The van der Waals surface area contributed by atoms with Crippen LogP contribution in [0.5, 0.6) is 0 Å². The molecule has 7 nitrogen and oxygen atoms in total. The first-order valence-electron chi connectivity index (χ1n) is 6.56. The van der Waals surface area contributed by atoms with Crippen molar-refractivity contribution < 1.29 is 19.1 Å². The fraction of sp³-hybridized carbons (Fsp3) is 0.769. The van der Waals surface area contributed by atoms with Crippen LogP contribution in [0.4, 0.5) is 4.79 Å². The molecule has 0 aliphatic carbocycles. The van der Waals surface area contributed by atoms with Crippen molar-refractivity contribution in [3.63, 3.8) is 0 Å². The van der Waals surface area contributed by atoms with Crippen LogP contribution in [0.25, 0.3) is 0 Å². The smallest absolute Gasteiger partial charge is 0.408 e. The SMILES string of the molecule is CC[C@@H](C(=O)NC)N(C)C(=O)CNC(=O)OC(C)(C)C. The van der Waals surface area contributed by atoms with Crippen LogP contribution in [0.3, 0.4) is 0 Å².